The molecule has 1 fully saturated rings. The number of likely N-dealkylation sites (N-methyl/N-ethyl adjacent to an activating group) is 1. The van der Waals surface area contributed by atoms with E-state index in [2.05, 4.69) is 5.32 Å². The molecule has 1 aliphatic heterocycles. The summed E-state index contributed by atoms with van der Waals surface area (Å²) in [6, 6.07) is 4.46. The van der Waals surface area contributed by atoms with Gasteiger partial charge < -0.3 is 10.2 Å². The van der Waals surface area contributed by atoms with Gasteiger partial charge in [-0.3, -0.25) is 9.59 Å². The number of nitrogens with zero attached hydrogens (tertiary/aromatic N) is 1. The first-order chi connectivity index (χ1) is 9.79. The summed E-state index contributed by atoms with van der Waals surface area (Å²) in [7, 11) is 1.42. The minimum atomic E-state index is -4.46. The minimum absolute atomic E-state index is 0.0258. The molecular weight excluding hydrogens is 305 g/mol. The second-order valence-corrected chi connectivity index (χ2v) is 5.64. The number of rotatable bonds is 3. The normalized spacial score (nSPS) is 18.5. The third-order valence-electron chi connectivity index (χ3n) is 3.08. The number of amides is 2. The van der Waals surface area contributed by atoms with Gasteiger partial charge in [0.15, 0.2) is 0 Å². The smallest absolute Gasteiger partial charge is 0.340 e. The van der Waals surface area contributed by atoms with Crippen molar-refractivity contribution in [2.45, 2.75) is 18.8 Å². The fourth-order valence-corrected chi connectivity index (χ4v) is 2.82. The van der Waals surface area contributed by atoms with Crippen molar-refractivity contribution in [2.24, 2.45) is 0 Å². The van der Waals surface area contributed by atoms with Crippen LogP contribution in [0.5, 0.6) is 0 Å². The highest BCUT2D eigenvalue weighted by atomic mass is 32.2. The van der Waals surface area contributed by atoms with Crippen molar-refractivity contribution in [3.05, 3.63) is 35.4 Å². The van der Waals surface area contributed by atoms with Gasteiger partial charge in [0.25, 0.3) is 5.24 Å². The lowest BCUT2D eigenvalue weighted by Gasteiger charge is -2.22. The molecule has 0 aromatic heterocycles. The number of hydrogen-bond acceptors (Lipinski definition) is 3. The summed E-state index contributed by atoms with van der Waals surface area (Å²) in [4.78, 5) is 24.3. The first kappa shape index (κ1) is 15.7. The highest BCUT2D eigenvalue weighted by molar-refractivity contribution is 8.14. The summed E-state index contributed by atoms with van der Waals surface area (Å²) in [5.74, 6) is -0.103. The average molecular weight is 318 g/mol. The monoisotopic (exact) mass is 318 g/mol. The Balaban J connectivity index is 2.11. The molecular formula is C13H13F3N2O2S. The first-order valence-electron chi connectivity index (χ1n) is 6.12. The van der Waals surface area contributed by atoms with E-state index in [1.165, 1.54) is 30.1 Å². The highest BCUT2D eigenvalue weighted by Crippen LogP contribution is 2.32. The third-order valence-corrected chi connectivity index (χ3v) is 3.96. The number of nitrogens with one attached hydrogen (secondary N) is 1. The van der Waals surface area contributed by atoms with E-state index in [4.69, 9.17) is 0 Å². The number of carbonyl (C=O) groups is 2. The van der Waals surface area contributed by atoms with E-state index in [-0.39, 0.29) is 17.3 Å². The largest absolute Gasteiger partial charge is 0.416 e. The lowest BCUT2D eigenvalue weighted by molar-refractivity contribution is -0.139. The van der Waals surface area contributed by atoms with Gasteiger partial charge in [0, 0.05) is 19.3 Å². The van der Waals surface area contributed by atoms with Gasteiger partial charge in [-0.05, 0) is 11.6 Å². The van der Waals surface area contributed by atoms with Gasteiger partial charge in [-0.2, -0.15) is 13.2 Å². The Kier molecular flexibility index (Phi) is 4.46. The van der Waals surface area contributed by atoms with Gasteiger partial charge in [0.1, 0.15) is 6.04 Å². The van der Waals surface area contributed by atoms with E-state index < -0.39 is 23.7 Å². The van der Waals surface area contributed by atoms with Crippen LogP contribution in [0, 0.1) is 0 Å². The Labute approximate surface area is 123 Å². The number of alkyl halides is 3. The van der Waals surface area contributed by atoms with Crippen molar-refractivity contribution in [3.8, 4) is 0 Å². The molecule has 0 spiro atoms. The predicted molar refractivity (Wildman–Crippen MR) is 72.7 cm³/mol. The Hall–Kier alpha value is -1.70. The minimum Gasteiger partial charge on any atom is -0.340 e. The summed E-state index contributed by atoms with van der Waals surface area (Å²) in [6.07, 6.45) is -4.46. The van der Waals surface area contributed by atoms with Crippen molar-refractivity contribution in [3.63, 3.8) is 0 Å². The maximum Gasteiger partial charge on any atom is 0.416 e. The molecule has 8 heteroatoms. The van der Waals surface area contributed by atoms with Crippen LogP contribution in [0.4, 0.5) is 18.0 Å². The quantitative estimate of drug-likeness (QED) is 0.931. The summed E-state index contributed by atoms with van der Waals surface area (Å²) in [5, 5.41) is 2.18. The van der Waals surface area contributed by atoms with Crippen LogP contribution in [0.1, 0.15) is 11.1 Å². The number of carbonyl (C=O) groups excluding carboxylic acids is 2. The van der Waals surface area contributed by atoms with Gasteiger partial charge in [-0.15, -0.1) is 0 Å². The molecule has 1 aliphatic rings. The second-order valence-electron chi connectivity index (χ2n) is 4.64. The zero-order chi connectivity index (χ0) is 15.6. The SMILES string of the molecule is CN(Cc1ccccc1C(F)(F)F)C(=O)[C@@H]1CSC(=O)N1. The van der Waals surface area contributed by atoms with E-state index in [9.17, 15) is 22.8 Å². The molecule has 1 aromatic carbocycles. The molecule has 0 aliphatic carbocycles. The lowest BCUT2D eigenvalue weighted by Crippen LogP contribution is -2.43. The van der Waals surface area contributed by atoms with E-state index >= 15 is 0 Å². The van der Waals surface area contributed by atoms with Gasteiger partial charge in [0.05, 0.1) is 5.56 Å². The Morgan fingerprint density at radius 1 is 1.43 bits per heavy atom. The molecule has 1 aromatic rings. The zero-order valence-electron chi connectivity index (χ0n) is 11.1. The summed E-state index contributed by atoms with van der Waals surface area (Å²) < 4.78 is 38.7. The zero-order valence-corrected chi connectivity index (χ0v) is 11.9. The van der Waals surface area contributed by atoms with Crippen molar-refractivity contribution >= 4 is 22.9 Å². The average Bonchev–Trinajstić information content (AvgIpc) is 2.84. The summed E-state index contributed by atoms with van der Waals surface area (Å²) in [5.41, 5.74) is -0.729. The molecule has 1 N–H and O–H groups in total. The van der Waals surface area contributed by atoms with Gasteiger partial charge in [0.2, 0.25) is 5.91 Å². The molecule has 114 valence electrons. The molecule has 1 saturated heterocycles. The van der Waals surface area contributed by atoms with Crippen LogP contribution < -0.4 is 5.32 Å². The molecule has 4 nitrogen and oxygen atoms in total. The Bertz CT molecular complexity index is 563. The predicted octanol–water partition coefficient (Wildman–Crippen LogP) is 2.49. The van der Waals surface area contributed by atoms with E-state index in [1.807, 2.05) is 0 Å². The van der Waals surface area contributed by atoms with Gasteiger partial charge >= 0.3 is 6.18 Å². The number of hydrogen-bond donors (Lipinski definition) is 1. The van der Waals surface area contributed by atoms with Crippen molar-refractivity contribution in [2.75, 3.05) is 12.8 Å². The molecule has 0 bridgehead atoms. The second kappa shape index (κ2) is 5.97. The third kappa shape index (κ3) is 3.69. The number of benzene rings is 1. The molecule has 1 heterocycles. The fraction of sp³-hybridized carbons (Fsp3) is 0.385. The molecule has 21 heavy (non-hydrogen) atoms. The topological polar surface area (TPSA) is 49.4 Å². The van der Waals surface area contributed by atoms with Crippen molar-refractivity contribution in [1.82, 2.24) is 10.2 Å². The van der Waals surface area contributed by atoms with Crippen molar-refractivity contribution in [1.29, 1.82) is 0 Å². The van der Waals surface area contributed by atoms with Crippen LogP contribution in [0.3, 0.4) is 0 Å². The first-order valence-corrected chi connectivity index (χ1v) is 7.11. The van der Waals surface area contributed by atoms with E-state index in [0.717, 1.165) is 17.8 Å². The van der Waals surface area contributed by atoms with E-state index in [0.29, 0.717) is 5.75 Å². The molecule has 1 atom stereocenters. The van der Waals surface area contributed by atoms with Crippen LogP contribution in [-0.4, -0.2) is 34.9 Å². The number of thioether (sulfide) groups is 1. The van der Waals surface area contributed by atoms with Crippen molar-refractivity contribution < 1.29 is 22.8 Å². The molecule has 2 amide bonds. The maximum absolute atomic E-state index is 12.9. The van der Waals surface area contributed by atoms with Gasteiger partial charge in [-0.25, -0.2) is 0 Å². The fourth-order valence-electron chi connectivity index (χ4n) is 2.05. The van der Waals surface area contributed by atoms with E-state index in [1.54, 1.807) is 0 Å². The molecule has 2 rings (SSSR count). The molecule has 0 unspecified atom stereocenters. The van der Waals surface area contributed by atoms with Crippen LogP contribution in [-0.2, 0) is 17.5 Å². The van der Waals surface area contributed by atoms with Crippen LogP contribution >= 0.6 is 11.8 Å². The standard InChI is InChI=1S/C13H13F3N2O2S/c1-18(11(19)10-7-21-12(20)17-10)6-8-4-2-3-5-9(8)13(14,15)16/h2-5,10H,6-7H2,1H3,(H,17,20)/t10-/m0/s1. The Morgan fingerprint density at radius 2 is 2.10 bits per heavy atom. The molecule has 0 saturated carbocycles. The lowest BCUT2D eigenvalue weighted by atomic mass is 10.1. The highest BCUT2D eigenvalue weighted by Gasteiger charge is 2.34. The van der Waals surface area contributed by atoms with Crippen LogP contribution in [0.2, 0.25) is 0 Å². The summed E-state index contributed by atoms with van der Waals surface area (Å²) >= 11 is 0.987. The Morgan fingerprint density at radius 3 is 2.67 bits per heavy atom. The van der Waals surface area contributed by atoms with Crippen LogP contribution in [0.25, 0.3) is 0 Å². The summed E-state index contributed by atoms with van der Waals surface area (Å²) in [6.45, 7) is -0.161. The molecule has 0 radical (unpaired) electrons. The van der Waals surface area contributed by atoms with Crippen LogP contribution in [0.15, 0.2) is 24.3 Å². The van der Waals surface area contributed by atoms with Gasteiger partial charge in [-0.1, -0.05) is 30.0 Å². The number of halogens is 3. The maximum atomic E-state index is 12.9.